The number of hydrogen-bond acceptors (Lipinski definition) is 3. The van der Waals surface area contributed by atoms with Gasteiger partial charge in [0.05, 0.1) is 13.0 Å². The van der Waals surface area contributed by atoms with E-state index in [1.54, 1.807) is 19.2 Å². The summed E-state index contributed by atoms with van der Waals surface area (Å²) in [6.07, 6.45) is 0.779. The van der Waals surface area contributed by atoms with Crippen molar-refractivity contribution in [2.45, 2.75) is 12.8 Å². The van der Waals surface area contributed by atoms with E-state index >= 15 is 0 Å². The van der Waals surface area contributed by atoms with Crippen molar-refractivity contribution in [1.29, 1.82) is 0 Å². The number of carbonyl (C=O) groups excluding carboxylic acids is 2. The van der Waals surface area contributed by atoms with Crippen molar-refractivity contribution in [3.8, 4) is 5.75 Å². The minimum Gasteiger partial charge on any atom is -0.496 e. The molecule has 0 aromatic heterocycles. The molecule has 1 heterocycles. The molecule has 1 aliphatic heterocycles. The van der Waals surface area contributed by atoms with Gasteiger partial charge in [-0.25, -0.2) is 4.39 Å². The molecule has 1 unspecified atom stereocenters. The van der Waals surface area contributed by atoms with E-state index in [1.165, 1.54) is 17.0 Å². The molecular weight excluding hydrogens is 335 g/mol. The lowest BCUT2D eigenvalue weighted by atomic mass is 10.1. The van der Waals surface area contributed by atoms with Gasteiger partial charge in [0, 0.05) is 25.2 Å². The molecule has 1 N–H and O–H groups in total. The maximum atomic E-state index is 13.4. The summed E-state index contributed by atoms with van der Waals surface area (Å²) in [6, 6.07) is 13.5. The van der Waals surface area contributed by atoms with E-state index in [9.17, 15) is 14.0 Å². The zero-order valence-corrected chi connectivity index (χ0v) is 14.6. The molecule has 136 valence electrons. The summed E-state index contributed by atoms with van der Waals surface area (Å²) in [7, 11) is 1.61. The fourth-order valence-electron chi connectivity index (χ4n) is 3.15. The lowest BCUT2D eigenvalue weighted by Gasteiger charge is -2.16. The highest BCUT2D eigenvalue weighted by molar-refractivity contribution is 6.00. The van der Waals surface area contributed by atoms with Crippen LogP contribution >= 0.6 is 0 Å². The number of methoxy groups -OCH3 is 1. The highest BCUT2D eigenvalue weighted by Gasteiger charge is 2.35. The Labute approximate surface area is 151 Å². The summed E-state index contributed by atoms with van der Waals surface area (Å²) in [5, 5.41) is 2.88. The highest BCUT2D eigenvalue weighted by Crippen LogP contribution is 2.25. The predicted molar refractivity (Wildman–Crippen MR) is 96.6 cm³/mol. The SMILES string of the molecule is COc1ccccc1CCNC(=O)C1CC(=O)N(c2cccc(F)c2)C1. The van der Waals surface area contributed by atoms with Gasteiger partial charge in [0.2, 0.25) is 11.8 Å². The molecule has 6 heteroatoms. The topological polar surface area (TPSA) is 58.6 Å². The Balaban J connectivity index is 1.55. The van der Waals surface area contributed by atoms with Crippen molar-refractivity contribution in [2.75, 3.05) is 25.1 Å². The Morgan fingerprint density at radius 2 is 2.08 bits per heavy atom. The number of rotatable bonds is 6. The Morgan fingerprint density at radius 3 is 2.85 bits per heavy atom. The Morgan fingerprint density at radius 1 is 1.27 bits per heavy atom. The molecule has 1 atom stereocenters. The molecule has 1 saturated heterocycles. The van der Waals surface area contributed by atoms with Crippen molar-refractivity contribution in [1.82, 2.24) is 5.32 Å². The highest BCUT2D eigenvalue weighted by atomic mass is 19.1. The maximum absolute atomic E-state index is 13.4. The molecule has 2 aromatic rings. The van der Waals surface area contributed by atoms with Gasteiger partial charge in [-0.15, -0.1) is 0 Å². The van der Waals surface area contributed by atoms with Crippen LogP contribution in [0.5, 0.6) is 5.75 Å². The third-order valence-electron chi connectivity index (χ3n) is 4.50. The molecule has 2 aromatic carbocycles. The van der Waals surface area contributed by atoms with E-state index in [4.69, 9.17) is 4.74 Å². The summed E-state index contributed by atoms with van der Waals surface area (Å²) in [5.41, 5.74) is 1.50. The Kier molecular flexibility index (Phi) is 5.51. The fraction of sp³-hybridized carbons (Fsp3) is 0.300. The van der Waals surface area contributed by atoms with E-state index in [0.717, 1.165) is 11.3 Å². The van der Waals surface area contributed by atoms with Crippen LogP contribution in [0.3, 0.4) is 0 Å². The lowest BCUT2D eigenvalue weighted by Crippen LogP contribution is -2.34. The molecule has 5 nitrogen and oxygen atoms in total. The van der Waals surface area contributed by atoms with Gasteiger partial charge in [0.25, 0.3) is 0 Å². The standard InChI is InChI=1S/C20H21FN2O3/c1-26-18-8-3-2-5-14(18)9-10-22-20(25)15-11-19(24)23(13-15)17-7-4-6-16(21)12-17/h2-8,12,15H,9-11,13H2,1H3,(H,22,25). The normalized spacial score (nSPS) is 16.6. The second-order valence-electron chi connectivity index (χ2n) is 6.24. The molecule has 3 rings (SSSR count). The van der Waals surface area contributed by atoms with Crippen molar-refractivity contribution >= 4 is 17.5 Å². The number of ether oxygens (including phenoxy) is 1. The molecule has 1 aliphatic rings. The molecule has 0 spiro atoms. The van der Waals surface area contributed by atoms with E-state index < -0.39 is 11.7 Å². The summed E-state index contributed by atoms with van der Waals surface area (Å²) in [5.74, 6) is -0.369. The number of benzene rings is 2. The number of para-hydroxylation sites is 1. The van der Waals surface area contributed by atoms with Gasteiger partial charge < -0.3 is 15.0 Å². The number of carbonyl (C=O) groups is 2. The first-order valence-corrected chi connectivity index (χ1v) is 8.54. The van der Waals surface area contributed by atoms with Gasteiger partial charge in [-0.3, -0.25) is 9.59 Å². The number of amides is 2. The smallest absolute Gasteiger partial charge is 0.227 e. The molecular formula is C20H21FN2O3. The van der Waals surface area contributed by atoms with Gasteiger partial charge in [0.1, 0.15) is 11.6 Å². The van der Waals surface area contributed by atoms with Gasteiger partial charge in [-0.2, -0.15) is 0 Å². The molecule has 0 bridgehead atoms. The molecule has 1 fully saturated rings. The van der Waals surface area contributed by atoms with Crippen LogP contribution in [0.1, 0.15) is 12.0 Å². The zero-order chi connectivity index (χ0) is 18.5. The second kappa shape index (κ2) is 7.99. The summed E-state index contributed by atoms with van der Waals surface area (Å²) in [6.45, 7) is 0.729. The van der Waals surface area contributed by atoms with Gasteiger partial charge >= 0.3 is 0 Å². The largest absolute Gasteiger partial charge is 0.496 e. The average molecular weight is 356 g/mol. The van der Waals surface area contributed by atoms with E-state index in [2.05, 4.69) is 5.32 Å². The first kappa shape index (κ1) is 17.9. The number of anilines is 1. The Bertz CT molecular complexity index is 809. The van der Waals surface area contributed by atoms with Crippen molar-refractivity contribution < 1.29 is 18.7 Å². The van der Waals surface area contributed by atoms with Crippen LogP contribution in [0, 0.1) is 11.7 Å². The summed E-state index contributed by atoms with van der Waals surface area (Å²) >= 11 is 0. The number of halogens is 1. The quantitative estimate of drug-likeness (QED) is 0.865. The third kappa shape index (κ3) is 4.02. The zero-order valence-electron chi connectivity index (χ0n) is 14.6. The second-order valence-corrected chi connectivity index (χ2v) is 6.24. The minimum absolute atomic E-state index is 0.136. The molecule has 0 saturated carbocycles. The Hall–Kier alpha value is -2.89. The maximum Gasteiger partial charge on any atom is 0.227 e. The predicted octanol–water partition coefficient (Wildman–Crippen LogP) is 2.55. The van der Waals surface area contributed by atoms with Crippen LogP contribution < -0.4 is 15.0 Å². The summed E-state index contributed by atoms with van der Waals surface area (Å²) < 4.78 is 18.7. The molecule has 0 radical (unpaired) electrons. The van der Waals surface area contributed by atoms with E-state index in [1.807, 2.05) is 24.3 Å². The van der Waals surface area contributed by atoms with Crippen LogP contribution in [0.15, 0.2) is 48.5 Å². The van der Waals surface area contributed by atoms with Crippen LogP contribution in [0.2, 0.25) is 0 Å². The van der Waals surface area contributed by atoms with Gasteiger partial charge in [0.15, 0.2) is 0 Å². The molecule has 0 aliphatic carbocycles. The first-order valence-electron chi connectivity index (χ1n) is 8.54. The minimum atomic E-state index is -0.427. The third-order valence-corrected chi connectivity index (χ3v) is 4.50. The van der Waals surface area contributed by atoms with Crippen molar-refractivity contribution in [2.24, 2.45) is 5.92 Å². The first-order chi connectivity index (χ1) is 12.6. The van der Waals surface area contributed by atoms with E-state index in [0.29, 0.717) is 18.7 Å². The van der Waals surface area contributed by atoms with Gasteiger partial charge in [-0.1, -0.05) is 24.3 Å². The number of nitrogens with one attached hydrogen (secondary N) is 1. The molecule has 2 amide bonds. The van der Waals surface area contributed by atoms with Crippen molar-refractivity contribution in [3.63, 3.8) is 0 Å². The van der Waals surface area contributed by atoms with Crippen LogP contribution in [-0.2, 0) is 16.0 Å². The van der Waals surface area contributed by atoms with Crippen LogP contribution in [-0.4, -0.2) is 32.0 Å². The number of nitrogens with zero attached hydrogens (tertiary/aromatic N) is 1. The average Bonchev–Trinajstić information content (AvgIpc) is 3.04. The van der Waals surface area contributed by atoms with Crippen LogP contribution in [0.4, 0.5) is 10.1 Å². The lowest BCUT2D eigenvalue weighted by molar-refractivity contribution is -0.126. The van der Waals surface area contributed by atoms with Crippen molar-refractivity contribution in [3.05, 3.63) is 59.9 Å². The number of hydrogen-bond donors (Lipinski definition) is 1. The monoisotopic (exact) mass is 356 g/mol. The van der Waals surface area contributed by atoms with Gasteiger partial charge in [-0.05, 0) is 36.2 Å². The molecule has 26 heavy (non-hydrogen) atoms. The summed E-state index contributed by atoms with van der Waals surface area (Å²) in [4.78, 5) is 26.0. The fourth-order valence-corrected chi connectivity index (χ4v) is 3.15. The van der Waals surface area contributed by atoms with Crippen LogP contribution in [0.25, 0.3) is 0 Å². The van der Waals surface area contributed by atoms with E-state index in [-0.39, 0.29) is 24.8 Å².